The molecule has 0 radical (unpaired) electrons. The van der Waals surface area contributed by atoms with Gasteiger partial charge in [0.05, 0.1) is 19.1 Å². The van der Waals surface area contributed by atoms with Crippen molar-refractivity contribution in [1.29, 1.82) is 0 Å². The summed E-state index contributed by atoms with van der Waals surface area (Å²) < 4.78 is 35.5. The quantitative estimate of drug-likeness (QED) is 0.850. The first-order valence-corrected chi connectivity index (χ1v) is 5.50. The Labute approximate surface area is 103 Å². The van der Waals surface area contributed by atoms with E-state index < -0.39 is 18.6 Å². The molecule has 1 unspecified atom stereocenters. The molecule has 1 rings (SSSR count). The summed E-state index contributed by atoms with van der Waals surface area (Å²) in [4.78, 5) is 11.4. The number of halogens is 3. The molecular weight excluding hydrogens is 245 g/mol. The Kier molecular flexibility index (Phi) is 5.15. The summed E-state index contributed by atoms with van der Waals surface area (Å²) >= 11 is 0. The predicted molar refractivity (Wildman–Crippen MR) is 61.9 cm³/mol. The van der Waals surface area contributed by atoms with Crippen LogP contribution in [0, 0.1) is 0 Å². The van der Waals surface area contributed by atoms with Gasteiger partial charge in [-0.3, -0.25) is 4.79 Å². The van der Waals surface area contributed by atoms with Gasteiger partial charge in [0, 0.05) is 0 Å². The van der Waals surface area contributed by atoms with Crippen LogP contribution in [-0.2, 0) is 4.79 Å². The van der Waals surface area contributed by atoms with Crippen LogP contribution in [0.15, 0.2) is 30.3 Å². The van der Waals surface area contributed by atoms with Crippen LogP contribution >= 0.6 is 0 Å². The van der Waals surface area contributed by atoms with Gasteiger partial charge < -0.3 is 10.6 Å². The minimum atomic E-state index is -4.30. The van der Waals surface area contributed by atoms with Crippen molar-refractivity contribution in [3.05, 3.63) is 35.9 Å². The minimum Gasteiger partial charge on any atom is -0.348 e. The molecule has 0 fully saturated rings. The summed E-state index contributed by atoms with van der Waals surface area (Å²) in [6.07, 6.45) is -4.30. The lowest BCUT2D eigenvalue weighted by Crippen LogP contribution is -2.39. The average Bonchev–Trinajstić information content (AvgIpc) is 2.28. The molecule has 0 heterocycles. The van der Waals surface area contributed by atoms with Crippen molar-refractivity contribution in [1.82, 2.24) is 10.6 Å². The van der Waals surface area contributed by atoms with Crippen molar-refractivity contribution in [3.8, 4) is 0 Å². The predicted octanol–water partition coefficient (Wildman–Crippen LogP) is 2.02. The molecule has 0 spiro atoms. The first-order chi connectivity index (χ1) is 8.38. The summed E-state index contributed by atoms with van der Waals surface area (Å²) in [6, 6.07) is 8.97. The Morgan fingerprint density at radius 2 is 1.89 bits per heavy atom. The van der Waals surface area contributed by atoms with Gasteiger partial charge in [-0.05, 0) is 12.5 Å². The smallest absolute Gasteiger partial charge is 0.348 e. The highest BCUT2D eigenvalue weighted by atomic mass is 19.4. The van der Waals surface area contributed by atoms with E-state index in [2.05, 4.69) is 5.32 Å². The van der Waals surface area contributed by atoms with Crippen molar-refractivity contribution in [3.63, 3.8) is 0 Å². The Morgan fingerprint density at radius 3 is 2.44 bits per heavy atom. The highest BCUT2D eigenvalue weighted by Crippen LogP contribution is 2.12. The fourth-order valence-electron chi connectivity index (χ4n) is 1.44. The molecule has 6 heteroatoms. The number of hydrogen-bond acceptors (Lipinski definition) is 2. The fourth-order valence-corrected chi connectivity index (χ4v) is 1.44. The summed E-state index contributed by atoms with van der Waals surface area (Å²) in [6.45, 7) is 0.258. The van der Waals surface area contributed by atoms with E-state index >= 15 is 0 Å². The second kappa shape index (κ2) is 6.39. The van der Waals surface area contributed by atoms with Crippen LogP contribution in [0.3, 0.4) is 0 Å². The zero-order valence-electron chi connectivity index (χ0n) is 9.92. The normalized spacial score (nSPS) is 13.1. The van der Waals surface area contributed by atoms with Gasteiger partial charge in [0.15, 0.2) is 0 Å². The fraction of sp³-hybridized carbons (Fsp3) is 0.417. The van der Waals surface area contributed by atoms with E-state index in [1.807, 2.05) is 35.6 Å². The van der Waals surface area contributed by atoms with Crippen LogP contribution < -0.4 is 10.6 Å². The minimum absolute atomic E-state index is 0.230. The van der Waals surface area contributed by atoms with Gasteiger partial charge >= 0.3 is 6.18 Å². The SMILES string of the molecule is CC(NC(=O)CNCC(F)(F)F)c1ccccc1. The standard InChI is InChI=1S/C12H15F3N2O/c1-9(10-5-3-2-4-6-10)17-11(18)7-16-8-12(13,14)15/h2-6,9,16H,7-8H2,1H3,(H,17,18). The molecule has 0 aliphatic heterocycles. The highest BCUT2D eigenvalue weighted by Gasteiger charge is 2.26. The molecule has 1 aromatic carbocycles. The zero-order chi connectivity index (χ0) is 13.6. The van der Waals surface area contributed by atoms with Gasteiger partial charge in [0.1, 0.15) is 0 Å². The maximum atomic E-state index is 11.8. The summed E-state index contributed by atoms with van der Waals surface area (Å²) in [5.74, 6) is -0.462. The lowest BCUT2D eigenvalue weighted by molar-refractivity contribution is -0.128. The largest absolute Gasteiger partial charge is 0.401 e. The van der Waals surface area contributed by atoms with Gasteiger partial charge in [0.25, 0.3) is 0 Å². The van der Waals surface area contributed by atoms with Crippen LogP contribution in [0.4, 0.5) is 13.2 Å². The number of hydrogen-bond donors (Lipinski definition) is 2. The van der Waals surface area contributed by atoms with Crippen LogP contribution in [0.2, 0.25) is 0 Å². The van der Waals surface area contributed by atoms with E-state index in [-0.39, 0.29) is 12.6 Å². The number of rotatable bonds is 5. The number of amides is 1. The lowest BCUT2D eigenvalue weighted by Gasteiger charge is -2.15. The van der Waals surface area contributed by atoms with Gasteiger partial charge in [-0.15, -0.1) is 0 Å². The monoisotopic (exact) mass is 260 g/mol. The molecule has 0 saturated carbocycles. The molecule has 0 bridgehead atoms. The molecule has 0 aliphatic carbocycles. The van der Waals surface area contributed by atoms with E-state index in [1.165, 1.54) is 0 Å². The summed E-state index contributed by atoms with van der Waals surface area (Å²) in [5, 5.41) is 4.66. The molecule has 0 aliphatic rings. The second-order valence-corrected chi connectivity index (χ2v) is 3.92. The number of alkyl halides is 3. The number of carbonyl (C=O) groups is 1. The number of nitrogens with one attached hydrogen (secondary N) is 2. The van der Waals surface area contributed by atoms with E-state index in [0.717, 1.165) is 5.56 Å². The molecule has 0 aromatic heterocycles. The van der Waals surface area contributed by atoms with Crippen LogP contribution in [-0.4, -0.2) is 25.2 Å². The first-order valence-electron chi connectivity index (χ1n) is 5.50. The molecular formula is C12H15F3N2O. The maximum absolute atomic E-state index is 11.8. The van der Waals surface area contributed by atoms with Crippen molar-refractivity contribution in [2.45, 2.75) is 19.1 Å². The van der Waals surface area contributed by atoms with Crippen LogP contribution in [0.5, 0.6) is 0 Å². The Bertz CT molecular complexity index is 379. The summed E-state index contributed by atoms with van der Waals surface area (Å²) in [5.41, 5.74) is 0.904. The van der Waals surface area contributed by atoms with Gasteiger partial charge in [-0.2, -0.15) is 13.2 Å². The van der Waals surface area contributed by atoms with Crippen molar-refractivity contribution >= 4 is 5.91 Å². The molecule has 1 amide bonds. The van der Waals surface area contributed by atoms with Crippen molar-refractivity contribution < 1.29 is 18.0 Å². The lowest BCUT2D eigenvalue weighted by atomic mass is 10.1. The van der Waals surface area contributed by atoms with E-state index in [9.17, 15) is 18.0 Å². The third kappa shape index (κ3) is 5.67. The molecule has 1 aromatic rings. The Balaban J connectivity index is 2.32. The van der Waals surface area contributed by atoms with E-state index in [4.69, 9.17) is 0 Å². The van der Waals surface area contributed by atoms with Gasteiger partial charge in [-0.25, -0.2) is 0 Å². The van der Waals surface area contributed by atoms with E-state index in [1.54, 1.807) is 6.92 Å². The maximum Gasteiger partial charge on any atom is 0.401 e. The molecule has 3 nitrogen and oxygen atoms in total. The molecule has 100 valence electrons. The highest BCUT2D eigenvalue weighted by molar-refractivity contribution is 5.78. The number of carbonyl (C=O) groups excluding carboxylic acids is 1. The molecule has 1 atom stereocenters. The zero-order valence-corrected chi connectivity index (χ0v) is 9.92. The summed E-state index contributed by atoms with van der Waals surface area (Å²) in [7, 11) is 0. The average molecular weight is 260 g/mol. The topological polar surface area (TPSA) is 41.1 Å². The van der Waals surface area contributed by atoms with Crippen molar-refractivity contribution in [2.75, 3.05) is 13.1 Å². The van der Waals surface area contributed by atoms with Gasteiger partial charge in [0.2, 0.25) is 5.91 Å². The Morgan fingerprint density at radius 1 is 1.28 bits per heavy atom. The van der Waals surface area contributed by atoms with Crippen LogP contribution in [0.1, 0.15) is 18.5 Å². The van der Waals surface area contributed by atoms with Crippen LogP contribution in [0.25, 0.3) is 0 Å². The van der Waals surface area contributed by atoms with E-state index in [0.29, 0.717) is 0 Å². The van der Waals surface area contributed by atoms with Crippen molar-refractivity contribution in [2.24, 2.45) is 0 Å². The number of benzene rings is 1. The first kappa shape index (κ1) is 14.5. The van der Waals surface area contributed by atoms with Gasteiger partial charge in [-0.1, -0.05) is 30.3 Å². The molecule has 18 heavy (non-hydrogen) atoms. The third-order valence-electron chi connectivity index (χ3n) is 2.29. The second-order valence-electron chi connectivity index (χ2n) is 3.92. The molecule has 0 saturated heterocycles. The molecule has 2 N–H and O–H groups in total. The Hall–Kier alpha value is -1.56. The third-order valence-corrected chi connectivity index (χ3v) is 2.29.